The summed E-state index contributed by atoms with van der Waals surface area (Å²) in [5.74, 6) is -0.272. The van der Waals surface area contributed by atoms with Gasteiger partial charge < -0.3 is 5.32 Å². The molecule has 0 spiro atoms. The molecule has 7 nitrogen and oxygen atoms in total. The van der Waals surface area contributed by atoms with Crippen LogP contribution in [0.15, 0.2) is 18.6 Å². The normalized spacial score (nSPS) is 22.0. The summed E-state index contributed by atoms with van der Waals surface area (Å²) < 4.78 is 1.61. The van der Waals surface area contributed by atoms with Crippen molar-refractivity contribution < 1.29 is 9.59 Å². The Morgan fingerprint density at radius 2 is 2.14 bits per heavy atom. The Labute approximate surface area is 125 Å². The van der Waals surface area contributed by atoms with Crippen LogP contribution in [0.5, 0.6) is 0 Å². The van der Waals surface area contributed by atoms with Crippen LogP contribution < -0.4 is 5.32 Å². The molecule has 0 saturated carbocycles. The van der Waals surface area contributed by atoms with Gasteiger partial charge in [-0.25, -0.2) is 9.78 Å². The highest BCUT2D eigenvalue weighted by Gasteiger charge is 2.49. The van der Waals surface area contributed by atoms with Crippen molar-refractivity contribution in [3.05, 3.63) is 34.0 Å². The van der Waals surface area contributed by atoms with E-state index in [1.54, 1.807) is 37.2 Å². The molecule has 0 radical (unpaired) electrons. The summed E-state index contributed by atoms with van der Waals surface area (Å²) >= 11 is 1.48. The summed E-state index contributed by atoms with van der Waals surface area (Å²) in [6, 6.07) is -0.391. The molecule has 1 N–H and O–H groups in total. The van der Waals surface area contributed by atoms with E-state index in [1.165, 1.54) is 16.2 Å². The molecule has 3 amide bonds. The molecule has 110 valence electrons. The number of nitrogens with one attached hydrogen (secondary N) is 1. The molecule has 2 aromatic rings. The molecule has 1 atom stereocenters. The first-order valence-corrected chi connectivity index (χ1v) is 7.26. The van der Waals surface area contributed by atoms with Crippen molar-refractivity contribution in [1.82, 2.24) is 25.0 Å². The maximum atomic E-state index is 12.6. The van der Waals surface area contributed by atoms with Crippen LogP contribution in [0.2, 0.25) is 0 Å². The minimum absolute atomic E-state index is 0.242. The van der Waals surface area contributed by atoms with Crippen molar-refractivity contribution in [1.29, 1.82) is 0 Å². The largest absolute Gasteiger partial charge is 0.325 e. The van der Waals surface area contributed by atoms with E-state index in [9.17, 15) is 9.59 Å². The first kappa shape index (κ1) is 13.7. The number of carbonyl (C=O) groups excluding carboxylic acids is 2. The summed E-state index contributed by atoms with van der Waals surface area (Å²) in [6.45, 7) is 3.83. The summed E-state index contributed by atoms with van der Waals surface area (Å²) in [4.78, 5) is 31.0. The van der Waals surface area contributed by atoms with E-state index in [0.717, 1.165) is 9.88 Å². The number of rotatable bonds is 3. The molecule has 1 aliphatic rings. The number of hydrogen-bond acceptors (Lipinski definition) is 5. The molecule has 21 heavy (non-hydrogen) atoms. The van der Waals surface area contributed by atoms with E-state index in [1.807, 2.05) is 6.92 Å². The van der Waals surface area contributed by atoms with Gasteiger partial charge in [-0.3, -0.25) is 14.4 Å². The van der Waals surface area contributed by atoms with E-state index in [4.69, 9.17) is 0 Å². The molecule has 1 fully saturated rings. The van der Waals surface area contributed by atoms with Gasteiger partial charge in [-0.05, 0) is 13.8 Å². The third kappa shape index (κ3) is 2.21. The van der Waals surface area contributed by atoms with Crippen LogP contribution in [-0.2, 0) is 23.9 Å². The molecule has 2 aromatic heterocycles. The lowest BCUT2D eigenvalue weighted by atomic mass is 9.95. The molecule has 1 saturated heterocycles. The second-order valence-corrected chi connectivity index (χ2v) is 6.51. The van der Waals surface area contributed by atoms with Crippen LogP contribution in [0, 0.1) is 6.92 Å². The van der Waals surface area contributed by atoms with Gasteiger partial charge >= 0.3 is 6.03 Å². The number of thiazole rings is 1. The fourth-order valence-electron chi connectivity index (χ4n) is 2.35. The van der Waals surface area contributed by atoms with Gasteiger partial charge in [-0.2, -0.15) is 5.10 Å². The number of amides is 3. The Hall–Kier alpha value is -2.22. The number of imide groups is 1. The maximum Gasteiger partial charge on any atom is 0.325 e. The lowest BCUT2D eigenvalue weighted by Gasteiger charge is -2.19. The molecule has 0 aromatic carbocycles. The van der Waals surface area contributed by atoms with Gasteiger partial charge in [0.15, 0.2) is 0 Å². The summed E-state index contributed by atoms with van der Waals surface area (Å²) in [7, 11) is 1.77. The van der Waals surface area contributed by atoms with E-state index < -0.39 is 11.6 Å². The van der Waals surface area contributed by atoms with Crippen molar-refractivity contribution in [3.8, 4) is 0 Å². The fourth-order valence-corrected chi connectivity index (χ4v) is 3.13. The van der Waals surface area contributed by atoms with Gasteiger partial charge in [0.05, 0.1) is 17.7 Å². The number of nitrogens with zero attached hydrogens (tertiary/aromatic N) is 4. The Bertz CT molecular complexity index is 722. The van der Waals surface area contributed by atoms with E-state index in [-0.39, 0.29) is 12.5 Å². The molecule has 0 unspecified atom stereocenters. The second-order valence-electron chi connectivity index (χ2n) is 5.19. The SMILES string of the molecule is Cc1ncc(CN2C(=O)N[C@](C)(c3cnn(C)c3)C2=O)s1. The third-order valence-electron chi connectivity index (χ3n) is 3.54. The van der Waals surface area contributed by atoms with E-state index in [2.05, 4.69) is 15.4 Å². The van der Waals surface area contributed by atoms with Crippen molar-refractivity contribution in [2.24, 2.45) is 7.05 Å². The minimum Gasteiger partial charge on any atom is -0.319 e. The highest BCUT2D eigenvalue weighted by Crippen LogP contribution is 2.30. The van der Waals surface area contributed by atoms with Gasteiger partial charge in [0, 0.05) is 29.9 Å². The molecule has 0 aliphatic carbocycles. The van der Waals surface area contributed by atoms with Gasteiger partial charge in [-0.15, -0.1) is 11.3 Å². The molecule has 0 bridgehead atoms. The Morgan fingerprint density at radius 3 is 2.71 bits per heavy atom. The zero-order valence-corrected chi connectivity index (χ0v) is 12.8. The van der Waals surface area contributed by atoms with Crippen LogP contribution in [-0.4, -0.2) is 31.6 Å². The number of aromatic nitrogens is 3. The topological polar surface area (TPSA) is 80.1 Å². The van der Waals surface area contributed by atoms with E-state index >= 15 is 0 Å². The third-order valence-corrected chi connectivity index (χ3v) is 4.44. The van der Waals surface area contributed by atoms with Crippen LogP contribution in [0.3, 0.4) is 0 Å². The smallest absolute Gasteiger partial charge is 0.319 e. The van der Waals surface area contributed by atoms with Gasteiger partial charge in [0.1, 0.15) is 5.54 Å². The molecular formula is C13H15N5O2S. The standard InChI is InChI=1S/C13H15N5O2S/c1-8-14-5-10(21-8)7-18-11(19)13(2,16-12(18)20)9-4-15-17(3)6-9/h4-6H,7H2,1-3H3,(H,16,20)/t13-/m1/s1. The highest BCUT2D eigenvalue weighted by atomic mass is 32.1. The predicted molar refractivity (Wildman–Crippen MR) is 76.5 cm³/mol. The number of aryl methyl sites for hydroxylation is 2. The van der Waals surface area contributed by atoms with Gasteiger partial charge in [0.25, 0.3) is 5.91 Å². The van der Waals surface area contributed by atoms with Gasteiger partial charge in [-0.1, -0.05) is 0 Å². The molecule has 3 heterocycles. The second kappa shape index (κ2) is 4.66. The maximum absolute atomic E-state index is 12.6. The molecule has 1 aliphatic heterocycles. The average Bonchev–Trinajstić information content (AvgIpc) is 3.08. The fraction of sp³-hybridized carbons (Fsp3) is 0.385. The van der Waals surface area contributed by atoms with Crippen LogP contribution in [0.25, 0.3) is 0 Å². The molecule has 8 heteroatoms. The summed E-state index contributed by atoms with van der Waals surface area (Å²) in [5, 5.41) is 7.73. The summed E-state index contributed by atoms with van der Waals surface area (Å²) in [6.07, 6.45) is 5.03. The molecular weight excluding hydrogens is 290 g/mol. The van der Waals surface area contributed by atoms with Crippen molar-refractivity contribution in [2.75, 3.05) is 0 Å². The lowest BCUT2D eigenvalue weighted by molar-refractivity contribution is -0.131. The number of hydrogen-bond donors (Lipinski definition) is 1. The number of urea groups is 1. The predicted octanol–water partition coefficient (Wildman–Crippen LogP) is 1.15. The average molecular weight is 305 g/mol. The van der Waals surface area contributed by atoms with Crippen molar-refractivity contribution in [2.45, 2.75) is 25.9 Å². The number of carbonyl (C=O) groups is 2. The Morgan fingerprint density at radius 1 is 1.38 bits per heavy atom. The summed E-state index contributed by atoms with van der Waals surface area (Å²) in [5.41, 5.74) is -0.392. The molecule has 3 rings (SSSR count). The monoisotopic (exact) mass is 305 g/mol. The van der Waals surface area contributed by atoms with Crippen molar-refractivity contribution >= 4 is 23.3 Å². The zero-order valence-electron chi connectivity index (χ0n) is 12.0. The zero-order chi connectivity index (χ0) is 15.2. The van der Waals surface area contributed by atoms with Crippen LogP contribution >= 0.6 is 11.3 Å². The van der Waals surface area contributed by atoms with Crippen LogP contribution in [0.1, 0.15) is 22.4 Å². The first-order valence-electron chi connectivity index (χ1n) is 6.44. The first-order chi connectivity index (χ1) is 9.90. The Balaban J connectivity index is 1.88. The van der Waals surface area contributed by atoms with Crippen molar-refractivity contribution in [3.63, 3.8) is 0 Å². The Kier molecular flexibility index (Phi) is 3.05. The highest BCUT2D eigenvalue weighted by molar-refractivity contribution is 7.11. The van der Waals surface area contributed by atoms with Gasteiger partial charge in [0.2, 0.25) is 0 Å². The minimum atomic E-state index is -1.06. The lowest BCUT2D eigenvalue weighted by Crippen LogP contribution is -2.40. The van der Waals surface area contributed by atoms with E-state index in [0.29, 0.717) is 5.56 Å². The van der Waals surface area contributed by atoms with Crippen LogP contribution in [0.4, 0.5) is 4.79 Å². The quantitative estimate of drug-likeness (QED) is 0.863.